The van der Waals surface area contributed by atoms with E-state index in [-0.39, 0.29) is 17.3 Å². The van der Waals surface area contributed by atoms with Gasteiger partial charge in [0.05, 0.1) is 5.56 Å². The van der Waals surface area contributed by atoms with Crippen molar-refractivity contribution in [2.45, 2.75) is 6.42 Å². The first kappa shape index (κ1) is 14.0. The van der Waals surface area contributed by atoms with Crippen molar-refractivity contribution in [1.82, 2.24) is 9.88 Å². The zero-order chi connectivity index (χ0) is 14.5. The molecule has 1 aromatic heterocycles. The van der Waals surface area contributed by atoms with E-state index in [0.717, 1.165) is 5.56 Å². The predicted molar refractivity (Wildman–Crippen MR) is 74.1 cm³/mol. The number of aromatic nitrogens is 1. The molecule has 1 aromatic carbocycles. The summed E-state index contributed by atoms with van der Waals surface area (Å²) in [5, 5.41) is 2.76. The van der Waals surface area contributed by atoms with Crippen LogP contribution in [0.15, 0.2) is 47.4 Å². The Morgan fingerprint density at radius 2 is 1.90 bits per heavy atom. The summed E-state index contributed by atoms with van der Waals surface area (Å²) in [6.45, 7) is 0.452. The third-order valence-electron chi connectivity index (χ3n) is 2.96. The third-order valence-corrected chi connectivity index (χ3v) is 2.96. The molecule has 0 bridgehead atoms. The minimum atomic E-state index is -0.275. The van der Waals surface area contributed by atoms with E-state index >= 15 is 0 Å². The number of rotatable bonds is 4. The van der Waals surface area contributed by atoms with Crippen LogP contribution in [0.4, 0.5) is 4.39 Å². The number of aryl methyl sites for hydroxylation is 1. The fraction of sp³-hybridized carbons (Fsp3) is 0.200. The molecule has 4 nitrogen and oxygen atoms in total. The molecular weight excluding hydrogens is 259 g/mol. The van der Waals surface area contributed by atoms with Crippen molar-refractivity contribution < 1.29 is 9.18 Å². The summed E-state index contributed by atoms with van der Waals surface area (Å²) >= 11 is 0. The van der Waals surface area contributed by atoms with Gasteiger partial charge in [-0.25, -0.2) is 4.39 Å². The lowest BCUT2D eigenvalue weighted by Crippen LogP contribution is -2.27. The molecule has 0 aliphatic carbocycles. The van der Waals surface area contributed by atoms with Gasteiger partial charge in [-0.3, -0.25) is 9.59 Å². The first-order valence-electron chi connectivity index (χ1n) is 6.25. The SMILES string of the molecule is Cn1cc(C(=O)NCCc2ccc(F)cc2)ccc1=O. The summed E-state index contributed by atoms with van der Waals surface area (Å²) in [6.07, 6.45) is 2.12. The molecule has 0 saturated heterocycles. The molecule has 1 N–H and O–H groups in total. The van der Waals surface area contributed by atoms with Gasteiger partial charge in [0.2, 0.25) is 5.56 Å². The molecule has 5 heteroatoms. The summed E-state index contributed by atoms with van der Waals surface area (Å²) in [4.78, 5) is 23.1. The van der Waals surface area contributed by atoms with E-state index < -0.39 is 0 Å². The number of amides is 1. The van der Waals surface area contributed by atoms with E-state index in [1.165, 1.54) is 35.0 Å². The Hall–Kier alpha value is -2.43. The number of halogens is 1. The number of nitrogens with zero attached hydrogens (tertiary/aromatic N) is 1. The Labute approximate surface area is 115 Å². The van der Waals surface area contributed by atoms with Crippen LogP contribution in [-0.2, 0) is 13.5 Å². The maximum Gasteiger partial charge on any atom is 0.252 e. The Morgan fingerprint density at radius 1 is 1.20 bits per heavy atom. The van der Waals surface area contributed by atoms with Crippen LogP contribution in [0, 0.1) is 5.82 Å². The van der Waals surface area contributed by atoms with E-state index in [2.05, 4.69) is 5.32 Å². The predicted octanol–water partition coefficient (Wildman–Crippen LogP) is 1.50. The largest absolute Gasteiger partial charge is 0.352 e. The van der Waals surface area contributed by atoms with Gasteiger partial charge in [-0.15, -0.1) is 0 Å². The van der Waals surface area contributed by atoms with Crippen LogP contribution >= 0.6 is 0 Å². The number of hydrogen-bond donors (Lipinski definition) is 1. The Balaban J connectivity index is 1.90. The number of benzene rings is 1. The van der Waals surface area contributed by atoms with Crippen LogP contribution in [0.25, 0.3) is 0 Å². The van der Waals surface area contributed by atoms with Crippen LogP contribution < -0.4 is 10.9 Å². The molecule has 0 saturated carbocycles. The fourth-order valence-corrected chi connectivity index (χ4v) is 1.80. The summed E-state index contributed by atoms with van der Waals surface area (Å²) in [5.74, 6) is -0.509. The van der Waals surface area contributed by atoms with Gasteiger partial charge >= 0.3 is 0 Å². The van der Waals surface area contributed by atoms with Gasteiger partial charge in [-0.05, 0) is 30.2 Å². The van der Waals surface area contributed by atoms with E-state index in [1.807, 2.05) is 0 Å². The Bertz CT molecular complexity index is 662. The molecule has 2 rings (SSSR count). The van der Waals surface area contributed by atoms with Crippen molar-refractivity contribution in [2.75, 3.05) is 6.54 Å². The molecule has 1 amide bonds. The highest BCUT2D eigenvalue weighted by Gasteiger charge is 2.05. The Kier molecular flexibility index (Phi) is 4.30. The number of carbonyl (C=O) groups excluding carboxylic acids is 1. The molecule has 104 valence electrons. The fourth-order valence-electron chi connectivity index (χ4n) is 1.80. The first-order chi connectivity index (χ1) is 9.56. The lowest BCUT2D eigenvalue weighted by atomic mass is 10.1. The van der Waals surface area contributed by atoms with E-state index in [4.69, 9.17) is 0 Å². The van der Waals surface area contributed by atoms with Gasteiger partial charge in [0.1, 0.15) is 5.82 Å². The van der Waals surface area contributed by atoms with Gasteiger partial charge in [-0.1, -0.05) is 12.1 Å². The highest BCUT2D eigenvalue weighted by Crippen LogP contribution is 2.03. The maximum atomic E-state index is 12.7. The van der Waals surface area contributed by atoms with Crippen molar-refractivity contribution in [3.8, 4) is 0 Å². The second-order valence-corrected chi connectivity index (χ2v) is 4.50. The van der Waals surface area contributed by atoms with E-state index in [0.29, 0.717) is 18.5 Å². The van der Waals surface area contributed by atoms with Crippen molar-refractivity contribution in [2.24, 2.45) is 7.05 Å². The highest BCUT2D eigenvalue weighted by molar-refractivity contribution is 5.93. The number of pyridine rings is 1. The second-order valence-electron chi connectivity index (χ2n) is 4.50. The average Bonchev–Trinajstić information content (AvgIpc) is 2.44. The summed E-state index contributed by atoms with van der Waals surface area (Å²) < 4.78 is 14.1. The zero-order valence-corrected chi connectivity index (χ0v) is 11.1. The molecular formula is C15H15FN2O2. The molecule has 0 aliphatic rings. The van der Waals surface area contributed by atoms with E-state index in [1.54, 1.807) is 19.2 Å². The molecule has 0 spiro atoms. The van der Waals surface area contributed by atoms with Crippen molar-refractivity contribution in [1.29, 1.82) is 0 Å². The van der Waals surface area contributed by atoms with Crippen molar-refractivity contribution >= 4 is 5.91 Å². The number of nitrogens with one attached hydrogen (secondary N) is 1. The molecule has 0 fully saturated rings. The van der Waals surface area contributed by atoms with Crippen LogP contribution in [0.2, 0.25) is 0 Å². The number of carbonyl (C=O) groups is 1. The van der Waals surface area contributed by atoms with Crippen molar-refractivity contribution in [3.05, 3.63) is 69.9 Å². The van der Waals surface area contributed by atoms with Gasteiger partial charge in [0.25, 0.3) is 5.91 Å². The van der Waals surface area contributed by atoms with Crippen LogP contribution in [-0.4, -0.2) is 17.0 Å². The maximum absolute atomic E-state index is 12.7. The van der Waals surface area contributed by atoms with Crippen LogP contribution in [0.1, 0.15) is 15.9 Å². The Morgan fingerprint density at radius 3 is 2.55 bits per heavy atom. The molecule has 1 heterocycles. The molecule has 2 aromatic rings. The summed E-state index contributed by atoms with van der Waals surface area (Å²) in [5.41, 5.74) is 1.23. The van der Waals surface area contributed by atoms with Gasteiger partial charge in [0, 0.05) is 25.9 Å². The smallest absolute Gasteiger partial charge is 0.252 e. The molecule has 20 heavy (non-hydrogen) atoms. The standard InChI is InChI=1S/C15H15FN2O2/c1-18-10-12(4-7-14(18)19)15(20)17-9-8-11-2-5-13(16)6-3-11/h2-7,10H,8-9H2,1H3,(H,17,20). The topological polar surface area (TPSA) is 51.1 Å². The molecule has 0 aliphatic heterocycles. The highest BCUT2D eigenvalue weighted by atomic mass is 19.1. The van der Waals surface area contributed by atoms with E-state index in [9.17, 15) is 14.0 Å². The van der Waals surface area contributed by atoms with Gasteiger partial charge in [0.15, 0.2) is 0 Å². The lowest BCUT2D eigenvalue weighted by Gasteiger charge is -2.06. The monoisotopic (exact) mass is 274 g/mol. The molecule has 0 unspecified atom stereocenters. The van der Waals surface area contributed by atoms with Crippen LogP contribution in [0.5, 0.6) is 0 Å². The average molecular weight is 274 g/mol. The minimum absolute atomic E-state index is 0.159. The van der Waals surface area contributed by atoms with Gasteiger partial charge in [-0.2, -0.15) is 0 Å². The molecule has 0 atom stereocenters. The normalized spacial score (nSPS) is 10.3. The zero-order valence-electron chi connectivity index (χ0n) is 11.1. The lowest BCUT2D eigenvalue weighted by molar-refractivity contribution is 0.0953. The first-order valence-corrected chi connectivity index (χ1v) is 6.25. The quantitative estimate of drug-likeness (QED) is 0.918. The minimum Gasteiger partial charge on any atom is -0.352 e. The third kappa shape index (κ3) is 3.54. The van der Waals surface area contributed by atoms with Gasteiger partial charge < -0.3 is 9.88 Å². The van der Waals surface area contributed by atoms with Crippen molar-refractivity contribution in [3.63, 3.8) is 0 Å². The second kappa shape index (κ2) is 6.14. The molecule has 0 radical (unpaired) electrons. The van der Waals surface area contributed by atoms with Crippen LogP contribution in [0.3, 0.4) is 0 Å². The summed E-state index contributed by atoms with van der Waals surface area (Å²) in [7, 11) is 1.59. The summed E-state index contributed by atoms with van der Waals surface area (Å²) in [6, 6.07) is 9.01. The number of hydrogen-bond acceptors (Lipinski definition) is 2.